The van der Waals surface area contributed by atoms with E-state index in [4.69, 9.17) is 4.74 Å². The van der Waals surface area contributed by atoms with Gasteiger partial charge in [-0.1, -0.05) is 13.8 Å². The molecule has 1 aliphatic carbocycles. The average Bonchev–Trinajstić information content (AvgIpc) is 2.47. The van der Waals surface area contributed by atoms with E-state index in [2.05, 4.69) is 5.32 Å². The van der Waals surface area contributed by atoms with E-state index in [1.54, 1.807) is 21.0 Å². The minimum atomic E-state index is -0.900. The van der Waals surface area contributed by atoms with Crippen LogP contribution in [0, 0.1) is 11.8 Å². The molecule has 1 amide bonds. The van der Waals surface area contributed by atoms with Crippen LogP contribution in [0.4, 0.5) is 0 Å². The van der Waals surface area contributed by atoms with E-state index in [0.717, 1.165) is 0 Å². The summed E-state index contributed by atoms with van der Waals surface area (Å²) in [6, 6.07) is -0.370. The van der Waals surface area contributed by atoms with Crippen molar-refractivity contribution in [2.45, 2.75) is 38.5 Å². The van der Waals surface area contributed by atoms with Crippen LogP contribution in [0.15, 0.2) is 0 Å². The van der Waals surface area contributed by atoms with Crippen LogP contribution >= 0.6 is 0 Å². The van der Waals surface area contributed by atoms with Gasteiger partial charge in [-0.15, -0.1) is 0 Å². The summed E-state index contributed by atoms with van der Waals surface area (Å²) in [5.74, 6) is -0.336. The molecule has 94 valence electrons. The van der Waals surface area contributed by atoms with Crippen molar-refractivity contribution in [3.8, 4) is 0 Å². The van der Waals surface area contributed by atoms with Crippen molar-refractivity contribution in [3.63, 3.8) is 0 Å². The third-order valence-electron chi connectivity index (χ3n) is 3.03. The molecule has 1 rings (SSSR count). The van der Waals surface area contributed by atoms with Gasteiger partial charge >= 0.3 is 0 Å². The fourth-order valence-electron chi connectivity index (χ4n) is 2.00. The Hall–Kier alpha value is -0.650. The topological polar surface area (TPSA) is 78.8 Å². The molecule has 1 saturated carbocycles. The molecule has 0 saturated heterocycles. The molecule has 0 aromatic carbocycles. The molecular weight excluding hydrogens is 210 g/mol. The van der Waals surface area contributed by atoms with Crippen molar-refractivity contribution >= 4 is 5.91 Å². The van der Waals surface area contributed by atoms with Crippen LogP contribution in [0.3, 0.4) is 0 Å². The van der Waals surface area contributed by atoms with Gasteiger partial charge in [0.25, 0.3) is 0 Å². The average molecular weight is 231 g/mol. The van der Waals surface area contributed by atoms with Gasteiger partial charge in [0, 0.05) is 18.9 Å². The zero-order valence-corrected chi connectivity index (χ0v) is 10.0. The summed E-state index contributed by atoms with van der Waals surface area (Å²) in [4.78, 5) is 11.5. The maximum atomic E-state index is 11.5. The molecule has 0 heterocycles. The number of ether oxygens (including phenoxy) is 1. The van der Waals surface area contributed by atoms with Gasteiger partial charge in [-0.3, -0.25) is 4.79 Å². The van der Waals surface area contributed by atoms with Crippen molar-refractivity contribution in [1.82, 2.24) is 5.32 Å². The van der Waals surface area contributed by atoms with Gasteiger partial charge in [0.15, 0.2) is 0 Å². The number of nitrogens with one attached hydrogen (secondary N) is 1. The van der Waals surface area contributed by atoms with Gasteiger partial charge in [0.2, 0.25) is 5.91 Å². The second kappa shape index (κ2) is 5.61. The van der Waals surface area contributed by atoms with Crippen LogP contribution in [0.25, 0.3) is 0 Å². The second-order valence-electron chi connectivity index (χ2n) is 4.70. The smallest absolute Gasteiger partial charge is 0.222 e. The lowest BCUT2D eigenvalue weighted by Gasteiger charge is -2.19. The third kappa shape index (κ3) is 2.93. The normalized spacial score (nSPS) is 34.4. The number of methoxy groups -OCH3 is 1. The molecule has 4 atom stereocenters. The second-order valence-corrected chi connectivity index (χ2v) is 4.70. The highest BCUT2D eigenvalue weighted by molar-refractivity contribution is 5.78. The lowest BCUT2D eigenvalue weighted by Crippen LogP contribution is -2.44. The van der Waals surface area contributed by atoms with E-state index in [1.807, 2.05) is 0 Å². The van der Waals surface area contributed by atoms with Gasteiger partial charge in [-0.2, -0.15) is 0 Å². The van der Waals surface area contributed by atoms with Crippen LogP contribution in [0.1, 0.15) is 20.3 Å². The summed E-state index contributed by atoms with van der Waals surface area (Å²) in [5, 5.41) is 22.2. The predicted molar refractivity (Wildman–Crippen MR) is 58.8 cm³/mol. The first-order chi connectivity index (χ1) is 7.47. The molecule has 1 fully saturated rings. The molecule has 0 radical (unpaired) electrons. The number of aliphatic hydroxyl groups excluding tert-OH is 2. The quantitative estimate of drug-likeness (QED) is 0.610. The Balaban J connectivity index is 2.53. The fraction of sp³-hybridized carbons (Fsp3) is 0.909. The minimum absolute atomic E-state index is 0.102. The van der Waals surface area contributed by atoms with Crippen LogP contribution in [-0.4, -0.2) is 48.1 Å². The number of carbonyl (C=O) groups excluding carboxylic acids is 1. The van der Waals surface area contributed by atoms with Crippen molar-refractivity contribution in [2.24, 2.45) is 11.8 Å². The third-order valence-corrected chi connectivity index (χ3v) is 3.03. The zero-order valence-electron chi connectivity index (χ0n) is 10.0. The summed E-state index contributed by atoms with van der Waals surface area (Å²) >= 11 is 0. The molecule has 0 spiro atoms. The molecule has 5 nitrogen and oxygen atoms in total. The van der Waals surface area contributed by atoms with Crippen molar-refractivity contribution in [1.29, 1.82) is 0 Å². The molecule has 1 aliphatic rings. The number of carbonyl (C=O) groups is 1. The van der Waals surface area contributed by atoms with Gasteiger partial charge < -0.3 is 20.3 Å². The Bertz CT molecular complexity index is 244. The van der Waals surface area contributed by atoms with Gasteiger partial charge in [-0.25, -0.2) is 0 Å². The summed E-state index contributed by atoms with van der Waals surface area (Å²) in [7, 11) is 1.55. The molecule has 0 aliphatic heterocycles. The minimum Gasteiger partial charge on any atom is -0.390 e. The zero-order chi connectivity index (χ0) is 12.3. The Labute approximate surface area is 95.8 Å². The molecular formula is C11H21NO4. The number of rotatable bonds is 4. The monoisotopic (exact) mass is 231 g/mol. The number of hydrogen-bond donors (Lipinski definition) is 3. The van der Waals surface area contributed by atoms with Gasteiger partial charge in [0.1, 0.15) is 6.10 Å². The van der Waals surface area contributed by atoms with Crippen molar-refractivity contribution in [2.75, 3.05) is 13.7 Å². The Kier molecular flexibility index (Phi) is 4.70. The van der Waals surface area contributed by atoms with Crippen molar-refractivity contribution < 1.29 is 19.7 Å². The van der Waals surface area contributed by atoms with Gasteiger partial charge in [0.05, 0.1) is 18.8 Å². The summed E-state index contributed by atoms with van der Waals surface area (Å²) < 4.78 is 4.96. The van der Waals surface area contributed by atoms with Crippen LogP contribution in [0.2, 0.25) is 0 Å². The number of hydrogen-bond acceptors (Lipinski definition) is 4. The molecule has 16 heavy (non-hydrogen) atoms. The maximum absolute atomic E-state index is 11.5. The highest BCUT2D eigenvalue weighted by Gasteiger charge is 2.42. The van der Waals surface area contributed by atoms with E-state index >= 15 is 0 Å². The molecule has 5 heteroatoms. The summed E-state index contributed by atoms with van der Waals surface area (Å²) in [6.07, 6.45) is -1.17. The Morgan fingerprint density at radius 3 is 2.56 bits per heavy atom. The van der Waals surface area contributed by atoms with Crippen molar-refractivity contribution in [3.05, 3.63) is 0 Å². The lowest BCUT2D eigenvalue weighted by molar-refractivity contribution is -0.125. The predicted octanol–water partition coefficient (Wildman–Crippen LogP) is -0.485. The molecule has 0 aromatic heterocycles. The Morgan fingerprint density at radius 2 is 2.06 bits per heavy atom. The van der Waals surface area contributed by atoms with Crippen LogP contribution in [-0.2, 0) is 9.53 Å². The fourth-order valence-corrected chi connectivity index (χ4v) is 2.00. The van der Waals surface area contributed by atoms with E-state index in [9.17, 15) is 15.0 Å². The number of aliphatic hydroxyl groups is 2. The Morgan fingerprint density at radius 1 is 1.44 bits per heavy atom. The van der Waals surface area contributed by atoms with E-state index in [0.29, 0.717) is 13.0 Å². The van der Waals surface area contributed by atoms with E-state index in [1.165, 1.54) is 0 Å². The van der Waals surface area contributed by atoms with E-state index < -0.39 is 12.2 Å². The first-order valence-corrected chi connectivity index (χ1v) is 5.62. The largest absolute Gasteiger partial charge is 0.390 e. The maximum Gasteiger partial charge on any atom is 0.222 e. The SMILES string of the molecule is COC[C@H]1C[C@@H](NC(=O)C(C)C)[C@H](O)[C@@H]1O. The van der Waals surface area contributed by atoms with E-state index in [-0.39, 0.29) is 23.8 Å². The van der Waals surface area contributed by atoms with Crippen LogP contribution < -0.4 is 5.32 Å². The summed E-state index contributed by atoms with van der Waals surface area (Å²) in [6.45, 7) is 3.98. The molecule has 3 N–H and O–H groups in total. The van der Waals surface area contributed by atoms with Crippen LogP contribution in [0.5, 0.6) is 0 Å². The standard InChI is InChI=1S/C11H21NO4/c1-6(2)11(15)12-8-4-7(5-16-3)9(13)10(8)14/h6-10,13-14H,4-5H2,1-3H3,(H,12,15)/t7-,8-,9-,10+/m1/s1. The summed E-state index contributed by atoms with van der Waals surface area (Å²) in [5.41, 5.74) is 0. The molecule has 0 unspecified atom stereocenters. The number of amides is 1. The first kappa shape index (κ1) is 13.4. The van der Waals surface area contributed by atoms with Gasteiger partial charge in [-0.05, 0) is 6.42 Å². The lowest BCUT2D eigenvalue weighted by atomic mass is 10.1. The highest BCUT2D eigenvalue weighted by Crippen LogP contribution is 2.27. The molecule has 0 bridgehead atoms. The first-order valence-electron chi connectivity index (χ1n) is 5.62. The highest BCUT2D eigenvalue weighted by atomic mass is 16.5. The molecule has 0 aromatic rings.